The van der Waals surface area contributed by atoms with Crippen LogP contribution in [0.15, 0.2) is 9.98 Å². The highest BCUT2D eigenvalue weighted by atomic mass is 32.1. The van der Waals surface area contributed by atoms with Crippen LogP contribution in [0.1, 0.15) is 13.8 Å². The van der Waals surface area contributed by atoms with E-state index in [0.717, 1.165) is 11.6 Å². The van der Waals surface area contributed by atoms with Crippen LogP contribution < -0.4 is 0 Å². The maximum Gasteiger partial charge on any atom is 0.210 e. The molecule has 0 saturated carbocycles. The Balaban J connectivity index is 2.62. The van der Waals surface area contributed by atoms with Crippen LogP contribution in [0.4, 0.5) is 0 Å². The topological polar surface area (TPSA) is 34.0 Å². The van der Waals surface area contributed by atoms with Crippen molar-refractivity contribution in [1.29, 1.82) is 0 Å². The molecule has 1 atom stereocenters. The van der Waals surface area contributed by atoms with Gasteiger partial charge in [0.15, 0.2) is 0 Å². The Morgan fingerprint density at radius 3 is 3.00 bits per heavy atom. The highest BCUT2D eigenvalue weighted by molar-refractivity contribution is 7.80. The molecule has 1 aliphatic rings. The monoisotopic (exact) mass is 186 g/mol. The van der Waals surface area contributed by atoms with Crippen LogP contribution in [-0.2, 0) is 4.74 Å². The van der Waals surface area contributed by atoms with Gasteiger partial charge in [-0.2, -0.15) is 12.6 Å². The van der Waals surface area contributed by atoms with Crippen molar-refractivity contribution in [2.45, 2.75) is 19.9 Å². The van der Waals surface area contributed by atoms with Crippen LogP contribution in [-0.4, -0.2) is 36.6 Å². The molecule has 0 fully saturated rings. The zero-order chi connectivity index (χ0) is 8.97. The number of thiol groups is 1. The Morgan fingerprint density at radius 1 is 1.67 bits per heavy atom. The predicted octanol–water partition coefficient (Wildman–Crippen LogP) is 1.19. The zero-order valence-electron chi connectivity index (χ0n) is 7.45. The lowest BCUT2D eigenvalue weighted by Gasteiger charge is -2.18. The van der Waals surface area contributed by atoms with Gasteiger partial charge in [0.1, 0.15) is 6.04 Å². The molecule has 0 aromatic rings. The van der Waals surface area contributed by atoms with Gasteiger partial charge in [0.2, 0.25) is 5.90 Å². The minimum Gasteiger partial charge on any atom is -0.480 e. The van der Waals surface area contributed by atoms with E-state index in [1.807, 2.05) is 13.8 Å². The third-order valence-electron chi connectivity index (χ3n) is 1.59. The molecule has 0 aromatic heterocycles. The Morgan fingerprint density at radius 2 is 2.42 bits per heavy atom. The normalized spacial score (nSPS) is 23.1. The Hall–Kier alpha value is -0.510. The third-order valence-corrected chi connectivity index (χ3v) is 1.94. The molecule has 0 saturated heterocycles. The second-order valence-corrected chi connectivity index (χ2v) is 3.02. The van der Waals surface area contributed by atoms with Gasteiger partial charge < -0.3 is 4.74 Å². The molecule has 3 nitrogen and oxygen atoms in total. The van der Waals surface area contributed by atoms with E-state index in [1.165, 1.54) is 0 Å². The van der Waals surface area contributed by atoms with E-state index in [4.69, 9.17) is 4.74 Å². The maximum absolute atomic E-state index is 5.33. The minimum absolute atomic E-state index is 0.0297. The van der Waals surface area contributed by atoms with Crippen molar-refractivity contribution in [3.05, 3.63) is 0 Å². The van der Waals surface area contributed by atoms with Crippen LogP contribution in [0, 0.1) is 0 Å². The van der Waals surface area contributed by atoms with E-state index < -0.39 is 0 Å². The molecule has 68 valence electrons. The number of rotatable bonds is 2. The van der Waals surface area contributed by atoms with Crippen LogP contribution >= 0.6 is 12.6 Å². The number of aliphatic imine (C=N–C) groups is 2. The summed E-state index contributed by atoms with van der Waals surface area (Å²) in [4.78, 5) is 8.65. The van der Waals surface area contributed by atoms with E-state index >= 15 is 0 Å². The number of hydrogen-bond acceptors (Lipinski definition) is 4. The van der Waals surface area contributed by atoms with Crippen molar-refractivity contribution in [3.8, 4) is 0 Å². The third kappa shape index (κ3) is 2.24. The first-order valence-electron chi connectivity index (χ1n) is 4.09. The lowest BCUT2D eigenvalue weighted by atomic mass is 10.2. The first-order chi connectivity index (χ1) is 5.77. The Kier molecular flexibility index (Phi) is 3.59. The highest BCUT2D eigenvalue weighted by Gasteiger charge is 2.18. The molecule has 0 amide bonds. The van der Waals surface area contributed by atoms with E-state index in [9.17, 15) is 0 Å². The van der Waals surface area contributed by atoms with Gasteiger partial charge in [-0.25, -0.2) is 4.99 Å². The predicted molar refractivity (Wildman–Crippen MR) is 54.7 cm³/mol. The maximum atomic E-state index is 5.33. The molecule has 12 heavy (non-hydrogen) atoms. The second-order valence-electron chi connectivity index (χ2n) is 2.65. The number of ether oxygens (including phenoxy) is 1. The van der Waals surface area contributed by atoms with Gasteiger partial charge in [0.25, 0.3) is 0 Å². The molecular formula is C8H14N2OS. The molecule has 0 N–H and O–H groups in total. The number of nitrogens with zero attached hydrogens (tertiary/aromatic N) is 2. The lowest BCUT2D eigenvalue weighted by Crippen LogP contribution is -2.29. The lowest BCUT2D eigenvalue weighted by molar-refractivity contribution is 0.312. The van der Waals surface area contributed by atoms with E-state index in [2.05, 4.69) is 22.6 Å². The van der Waals surface area contributed by atoms with Crippen LogP contribution in [0.3, 0.4) is 0 Å². The summed E-state index contributed by atoms with van der Waals surface area (Å²) in [5.41, 5.74) is 1.05. The van der Waals surface area contributed by atoms with Crippen molar-refractivity contribution in [3.63, 3.8) is 0 Å². The molecule has 0 aliphatic carbocycles. The van der Waals surface area contributed by atoms with Crippen molar-refractivity contribution in [1.82, 2.24) is 0 Å². The highest BCUT2D eigenvalue weighted by Crippen LogP contribution is 2.06. The van der Waals surface area contributed by atoms with Gasteiger partial charge in [-0.05, 0) is 13.8 Å². The largest absolute Gasteiger partial charge is 0.480 e. The zero-order valence-corrected chi connectivity index (χ0v) is 8.34. The molecule has 0 bridgehead atoms. The summed E-state index contributed by atoms with van der Waals surface area (Å²) < 4.78 is 5.33. The van der Waals surface area contributed by atoms with E-state index in [1.54, 1.807) is 0 Å². The minimum atomic E-state index is 0.0297. The smallest absolute Gasteiger partial charge is 0.210 e. The molecule has 1 aliphatic heterocycles. The summed E-state index contributed by atoms with van der Waals surface area (Å²) in [6.07, 6.45) is 0. The first kappa shape index (κ1) is 9.58. The van der Waals surface area contributed by atoms with Crippen molar-refractivity contribution in [2.24, 2.45) is 9.98 Å². The van der Waals surface area contributed by atoms with Crippen LogP contribution in [0.2, 0.25) is 0 Å². The summed E-state index contributed by atoms with van der Waals surface area (Å²) in [6, 6.07) is 0.0297. The van der Waals surface area contributed by atoms with Crippen molar-refractivity contribution < 1.29 is 4.74 Å². The van der Waals surface area contributed by atoms with Crippen molar-refractivity contribution >= 4 is 24.2 Å². The molecule has 1 heterocycles. The van der Waals surface area contributed by atoms with Crippen LogP contribution in [0.5, 0.6) is 0 Å². The molecular weight excluding hydrogens is 172 g/mol. The summed E-state index contributed by atoms with van der Waals surface area (Å²) in [5, 5.41) is 0. The fraction of sp³-hybridized carbons (Fsp3) is 0.750. The SMILES string of the molecule is CCOC1=NCC(C)=N[C@H]1CS. The van der Waals surface area contributed by atoms with Gasteiger partial charge >= 0.3 is 0 Å². The van der Waals surface area contributed by atoms with E-state index in [0.29, 0.717) is 18.9 Å². The standard InChI is InChI=1S/C8H14N2OS/c1-3-11-8-7(5-12)10-6(2)4-9-8/h7,12H,3-5H2,1-2H3/t7-/m0/s1. The number of hydrogen-bond donors (Lipinski definition) is 1. The van der Waals surface area contributed by atoms with E-state index in [-0.39, 0.29) is 6.04 Å². The van der Waals surface area contributed by atoms with Gasteiger partial charge in [-0.1, -0.05) is 0 Å². The first-order valence-corrected chi connectivity index (χ1v) is 4.72. The summed E-state index contributed by atoms with van der Waals surface area (Å²) >= 11 is 4.19. The summed E-state index contributed by atoms with van der Waals surface area (Å²) in [7, 11) is 0. The molecule has 0 unspecified atom stereocenters. The van der Waals surface area contributed by atoms with Crippen molar-refractivity contribution in [2.75, 3.05) is 18.9 Å². The van der Waals surface area contributed by atoms with Gasteiger partial charge in [0, 0.05) is 11.5 Å². The Labute approximate surface area is 78.3 Å². The fourth-order valence-corrected chi connectivity index (χ4v) is 1.31. The van der Waals surface area contributed by atoms with Gasteiger partial charge in [0.05, 0.1) is 13.2 Å². The molecule has 0 radical (unpaired) electrons. The summed E-state index contributed by atoms with van der Waals surface area (Å²) in [5.74, 6) is 1.40. The van der Waals surface area contributed by atoms with Gasteiger partial charge in [-0.3, -0.25) is 4.99 Å². The Bertz CT molecular complexity index is 213. The average Bonchev–Trinajstić information content (AvgIpc) is 2.08. The average molecular weight is 186 g/mol. The fourth-order valence-electron chi connectivity index (χ4n) is 1.07. The molecule has 0 aromatic carbocycles. The van der Waals surface area contributed by atoms with Crippen LogP contribution in [0.25, 0.3) is 0 Å². The second kappa shape index (κ2) is 4.50. The molecule has 4 heteroatoms. The molecule has 1 rings (SSSR count). The quantitative estimate of drug-likeness (QED) is 0.646. The molecule has 0 spiro atoms. The van der Waals surface area contributed by atoms with Gasteiger partial charge in [-0.15, -0.1) is 0 Å². The summed E-state index contributed by atoms with van der Waals surface area (Å²) in [6.45, 7) is 5.24.